The second-order valence-electron chi connectivity index (χ2n) is 10.4. The Hall–Kier alpha value is -4.56. The number of nitrogen functional groups attached to an aromatic ring is 1. The molecule has 218 valence electrons. The highest BCUT2D eigenvalue weighted by Crippen LogP contribution is 2.33. The maximum Gasteiger partial charge on any atom is 0.416 e. The molecule has 0 bridgehead atoms. The lowest BCUT2D eigenvalue weighted by atomic mass is 9.99. The number of hydrogen-bond acceptors (Lipinski definition) is 8. The predicted octanol–water partition coefficient (Wildman–Crippen LogP) is 3.11. The van der Waals surface area contributed by atoms with Crippen LogP contribution in [0.1, 0.15) is 27.8 Å². The molecule has 0 aliphatic carbocycles. The molecule has 11 nitrogen and oxygen atoms in total. The number of amides is 2. The molecule has 42 heavy (non-hydrogen) atoms. The summed E-state index contributed by atoms with van der Waals surface area (Å²) in [5, 5.41) is 2.40. The van der Waals surface area contributed by atoms with Gasteiger partial charge in [0.1, 0.15) is 34.8 Å². The van der Waals surface area contributed by atoms with Crippen LogP contribution in [0.2, 0.25) is 0 Å². The van der Waals surface area contributed by atoms with Crippen molar-refractivity contribution in [3.8, 4) is 11.3 Å². The Balaban J connectivity index is 1.25. The van der Waals surface area contributed by atoms with Gasteiger partial charge in [0.15, 0.2) is 0 Å². The second kappa shape index (κ2) is 10.7. The van der Waals surface area contributed by atoms with E-state index >= 15 is 0 Å². The van der Waals surface area contributed by atoms with Crippen molar-refractivity contribution in [3.05, 3.63) is 71.9 Å². The molecule has 0 radical (unpaired) electrons. The van der Waals surface area contributed by atoms with E-state index in [2.05, 4.69) is 20.2 Å². The summed E-state index contributed by atoms with van der Waals surface area (Å²) in [5.74, 6) is 0.0635. The highest BCUT2D eigenvalue weighted by molar-refractivity contribution is 6.04. The number of fused-ring (bicyclic) bond motifs is 1. The fraction of sp³-hybridized carbons (Fsp3) is 0.321. The van der Waals surface area contributed by atoms with Gasteiger partial charge in [0.2, 0.25) is 5.91 Å². The average molecular weight is 581 g/mol. The number of rotatable bonds is 5. The van der Waals surface area contributed by atoms with Gasteiger partial charge >= 0.3 is 6.18 Å². The number of morpholine rings is 1. The summed E-state index contributed by atoms with van der Waals surface area (Å²) in [6.07, 6.45) is -0.779. The first-order chi connectivity index (χ1) is 20.1. The Morgan fingerprint density at radius 3 is 2.55 bits per heavy atom. The Bertz CT molecular complexity index is 1650. The summed E-state index contributed by atoms with van der Waals surface area (Å²) in [5.41, 5.74) is 7.25. The summed E-state index contributed by atoms with van der Waals surface area (Å²) in [7, 11) is 1.98. The lowest BCUT2D eigenvalue weighted by Gasteiger charge is -2.40. The number of likely N-dealkylation sites (tertiary alicyclic amines) is 1. The zero-order valence-corrected chi connectivity index (χ0v) is 22.5. The highest BCUT2D eigenvalue weighted by atomic mass is 19.4. The van der Waals surface area contributed by atoms with E-state index < -0.39 is 23.8 Å². The first-order valence-corrected chi connectivity index (χ1v) is 13.2. The molecule has 2 aliphatic heterocycles. The topological polar surface area (TPSA) is 131 Å². The van der Waals surface area contributed by atoms with Gasteiger partial charge in [-0.05, 0) is 31.3 Å². The minimum Gasteiger partial charge on any atom is -0.382 e. The molecule has 6 rings (SSSR count). The molecule has 3 aromatic heterocycles. The number of aromatic nitrogens is 4. The molecule has 0 unspecified atom stereocenters. The van der Waals surface area contributed by atoms with Gasteiger partial charge in [-0.3, -0.25) is 14.0 Å². The van der Waals surface area contributed by atoms with Gasteiger partial charge in [-0.15, -0.1) is 0 Å². The van der Waals surface area contributed by atoms with Gasteiger partial charge in [-0.25, -0.2) is 15.0 Å². The fourth-order valence-corrected chi connectivity index (χ4v) is 5.28. The number of carbonyl (C=O) groups is 2. The standard InChI is InChI=1S/C28H27F3N8O3/c1-37-13-18(14-37)27(41)38-10-11-42-20(15-38)25-36-22(23-24(32)34-8-9-39(23)25)16-2-4-17(5-3-16)26(40)35-21-12-19(6-7-33-21)28(29,30)31/h2-9,12,18,20H,10-11,13-15H2,1H3,(H2,32,34)(H,33,35,40)/t20-/m1/s1. The zero-order chi connectivity index (χ0) is 29.6. The number of carbonyl (C=O) groups excluding carboxylic acids is 2. The Morgan fingerprint density at radius 1 is 1.07 bits per heavy atom. The number of anilines is 2. The second-order valence-corrected chi connectivity index (χ2v) is 10.4. The monoisotopic (exact) mass is 580 g/mol. The third kappa shape index (κ3) is 5.25. The summed E-state index contributed by atoms with van der Waals surface area (Å²) in [6.45, 7) is 2.71. The van der Waals surface area contributed by atoms with E-state index in [1.54, 1.807) is 28.9 Å². The van der Waals surface area contributed by atoms with Crippen molar-refractivity contribution in [1.82, 2.24) is 29.2 Å². The maximum absolute atomic E-state index is 13.0. The van der Waals surface area contributed by atoms with E-state index in [0.717, 1.165) is 31.4 Å². The van der Waals surface area contributed by atoms with E-state index in [-0.39, 0.29) is 29.0 Å². The van der Waals surface area contributed by atoms with Crippen LogP contribution in [0.25, 0.3) is 16.8 Å². The van der Waals surface area contributed by atoms with Crippen LogP contribution >= 0.6 is 0 Å². The number of nitrogens with two attached hydrogens (primary N) is 1. The number of nitrogens with zero attached hydrogens (tertiary/aromatic N) is 6. The van der Waals surface area contributed by atoms with Crippen molar-refractivity contribution >= 4 is 29.0 Å². The van der Waals surface area contributed by atoms with Gasteiger partial charge < -0.3 is 25.6 Å². The maximum atomic E-state index is 13.0. The lowest BCUT2D eigenvalue weighted by Crippen LogP contribution is -2.55. The van der Waals surface area contributed by atoms with Crippen molar-refractivity contribution in [2.24, 2.45) is 5.92 Å². The Kier molecular flexibility index (Phi) is 7.02. The fourth-order valence-electron chi connectivity index (χ4n) is 5.28. The smallest absolute Gasteiger partial charge is 0.382 e. The predicted molar refractivity (Wildman–Crippen MR) is 146 cm³/mol. The number of alkyl halides is 3. The zero-order valence-electron chi connectivity index (χ0n) is 22.5. The number of benzene rings is 1. The molecule has 2 saturated heterocycles. The van der Waals surface area contributed by atoms with Crippen LogP contribution in [-0.4, -0.2) is 80.8 Å². The molecule has 2 aliphatic rings. The Labute approximate surface area is 238 Å². The molecule has 1 aromatic carbocycles. The number of pyridine rings is 1. The van der Waals surface area contributed by atoms with Gasteiger partial charge in [-0.1, -0.05) is 12.1 Å². The summed E-state index contributed by atoms with van der Waals surface area (Å²) in [4.78, 5) is 42.6. The van der Waals surface area contributed by atoms with Crippen LogP contribution in [0.3, 0.4) is 0 Å². The lowest BCUT2D eigenvalue weighted by molar-refractivity contribution is -0.148. The normalized spacial score (nSPS) is 18.2. The van der Waals surface area contributed by atoms with Crippen LogP contribution in [-0.2, 0) is 15.7 Å². The number of halogens is 3. The van der Waals surface area contributed by atoms with Crippen molar-refractivity contribution in [1.29, 1.82) is 0 Å². The van der Waals surface area contributed by atoms with Crippen LogP contribution < -0.4 is 11.1 Å². The molecule has 0 spiro atoms. The van der Waals surface area contributed by atoms with Gasteiger partial charge in [0, 0.05) is 49.4 Å². The van der Waals surface area contributed by atoms with E-state index in [0.29, 0.717) is 42.3 Å². The molecule has 4 aromatic rings. The third-order valence-electron chi connectivity index (χ3n) is 7.44. The SMILES string of the molecule is CN1CC(C(=O)N2CCO[C@@H](c3nc(-c4ccc(C(=O)Nc5cc(C(F)(F)F)ccn5)cc4)c4c(N)nccn34)C2)C1. The molecule has 2 fully saturated rings. The number of hydrogen-bond donors (Lipinski definition) is 2. The van der Waals surface area contributed by atoms with E-state index in [4.69, 9.17) is 15.5 Å². The van der Waals surface area contributed by atoms with Gasteiger partial charge in [0.25, 0.3) is 5.91 Å². The minimum absolute atomic E-state index is 0.0127. The van der Waals surface area contributed by atoms with Crippen LogP contribution in [0, 0.1) is 5.92 Å². The number of ether oxygens (including phenoxy) is 1. The largest absolute Gasteiger partial charge is 0.416 e. The van der Waals surface area contributed by atoms with E-state index in [1.165, 1.54) is 12.1 Å². The van der Waals surface area contributed by atoms with Crippen molar-refractivity contribution < 1.29 is 27.5 Å². The van der Waals surface area contributed by atoms with Crippen LogP contribution in [0.15, 0.2) is 55.0 Å². The molecular formula is C28H27F3N8O3. The third-order valence-corrected chi connectivity index (χ3v) is 7.44. The quantitative estimate of drug-likeness (QED) is 0.368. The average Bonchev–Trinajstić information content (AvgIpc) is 3.36. The molecule has 1 atom stereocenters. The van der Waals surface area contributed by atoms with E-state index in [9.17, 15) is 22.8 Å². The first-order valence-electron chi connectivity index (χ1n) is 13.2. The highest BCUT2D eigenvalue weighted by Gasteiger charge is 2.37. The first kappa shape index (κ1) is 27.6. The number of nitrogens with one attached hydrogen (secondary N) is 1. The van der Waals surface area contributed by atoms with Gasteiger partial charge in [0.05, 0.1) is 24.6 Å². The van der Waals surface area contributed by atoms with E-state index in [1.807, 2.05) is 11.9 Å². The summed E-state index contributed by atoms with van der Waals surface area (Å²) >= 11 is 0. The number of imidazole rings is 1. The van der Waals surface area contributed by atoms with Crippen molar-refractivity contribution in [2.45, 2.75) is 12.3 Å². The van der Waals surface area contributed by atoms with Gasteiger partial charge in [-0.2, -0.15) is 13.2 Å². The summed E-state index contributed by atoms with van der Waals surface area (Å²) in [6, 6.07) is 7.99. The van der Waals surface area contributed by atoms with Crippen LogP contribution in [0.5, 0.6) is 0 Å². The molecular weight excluding hydrogens is 553 g/mol. The van der Waals surface area contributed by atoms with Crippen molar-refractivity contribution in [3.63, 3.8) is 0 Å². The molecule has 14 heteroatoms. The van der Waals surface area contributed by atoms with Crippen molar-refractivity contribution in [2.75, 3.05) is 50.9 Å². The molecule has 5 heterocycles. The minimum atomic E-state index is -4.56. The Morgan fingerprint density at radius 2 is 1.83 bits per heavy atom. The molecule has 2 amide bonds. The molecule has 0 saturated carbocycles. The molecule has 3 N–H and O–H groups in total. The van der Waals surface area contributed by atoms with Crippen LogP contribution in [0.4, 0.5) is 24.8 Å². The summed E-state index contributed by atoms with van der Waals surface area (Å²) < 4.78 is 46.9.